The predicted octanol–water partition coefficient (Wildman–Crippen LogP) is 5.78. The quantitative estimate of drug-likeness (QED) is 0.338. The van der Waals surface area contributed by atoms with Gasteiger partial charge in [-0.05, 0) is 59.5 Å². The Balaban J connectivity index is 1.58. The van der Waals surface area contributed by atoms with Gasteiger partial charge in [0, 0.05) is 9.86 Å². The van der Waals surface area contributed by atoms with Crippen molar-refractivity contribution < 1.29 is 31.1 Å². The number of fused-ring (bicyclic) bond motifs is 1. The van der Waals surface area contributed by atoms with Crippen LogP contribution in [0.25, 0.3) is 22.6 Å². The lowest BCUT2D eigenvalue weighted by Gasteiger charge is -2.15. The Bertz CT molecular complexity index is 1210. The summed E-state index contributed by atoms with van der Waals surface area (Å²) >= 11 is 3.46. The molecule has 4 rings (SSSR count). The van der Waals surface area contributed by atoms with Crippen molar-refractivity contribution in [2.45, 2.75) is 25.6 Å². The van der Waals surface area contributed by atoms with Crippen molar-refractivity contribution in [3.05, 3.63) is 57.6 Å². The van der Waals surface area contributed by atoms with Crippen LogP contribution in [0.1, 0.15) is 16.7 Å². The Morgan fingerprint density at radius 3 is 2.58 bits per heavy atom. The second-order valence-corrected chi connectivity index (χ2v) is 7.39. The van der Waals surface area contributed by atoms with Gasteiger partial charge in [0.05, 0.1) is 5.56 Å². The highest BCUT2D eigenvalue weighted by Gasteiger charge is 2.35. The van der Waals surface area contributed by atoms with Gasteiger partial charge >= 0.3 is 12.8 Å². The number of halogens is 6. The van der Waals surface area contributed by atoms with E-state index in [9.17, 15) is 22.0 Å². The minimum atomic E-state index is -4.82. The van der Waals surface area contributed by atoms with E-state index in [-0.39, 0.29) is 6.42 Å². The average molecular weight is 503 g/mol. The fraction of sp³-hybridized carbons (Fsp3) is 0.211. The summed E-state index contributed by atoms with van der Waals surface area (Å²) in [6.45, 7) is -3.35. The highest BCUT2D eigenvalue weighted by Crippen LogP contribution is 2.38. The zero-order valence-electron chi connectivity index (χ0n) is 15.4. The lowest BCUT2D eigenvalue weighted by molar-refractivity contribution is -0.141. The molecule has 1 N–H and O–H groups in total. The van der Waals surface area contributed by atoms with Crippen molar-refractivity contribution in [3.63, 3.8) is 0 Å². The van der Waals surface area contributed by atoms with E-state index in [1.54, 1.807) is 12.1 Å². The van der Waals surface area contributed by atoms with Crippen LogP contribution in [0.15, 0.2) is 45.3 Å². The van der Waals surface area contributed by atoms with Crippen LogP contribution in [0.4, 0.5) is 22.0 Å². The molecule has 6 nitrogen and oxygen atoms in total. The maximum Gasteiger partial charge on any atom is 0.419 e. The van der Waals surface area contributed by atoms with Crippen LogP contribution >= 0.6 is 15.9 Å². The topological polar surface area (TPSA) is 76.8 Å². The number of aromatic amines is 1. The van der Waals surface area contributed by atoms with E-state index in [1.165, 1.54) is 6.07 Å². The molecule has 4 aromatic rings. The number of alkyl halides is 5. The zero-order valence-corrected chi connectivity index (χ0v) is 17.0. The van der Waals surface area contributed by atoms with Gasteiger partial charge < -0.3 is 9.15 Å². The maximum absolute atomic E-state index is 13.2. The number of H-pyrrole nitrogens is 1. The first-order chi connectivity index (χ1) is 14.7. The highest BCUT2D eigenvalue weighted by molar-refractivity contribution is 9.10. The zero-order chi connectivity index (χ0) is 22.2. The van der Waals surface area contributed by atoms with Crippen LogP contribution in [-0.2, 0) is 19.0 Å². The monoisotopic (exact) mass is 502 g/mol. The molecule has 2 aromatic heterocycles. The van der Waals surface area contributed by atoms with Crippen molar-refractivity contribution >= 4 is 26.9 Å². The predicted molar refractivity (Wildman–Crippen MR) is 103 cm³/mol. The Hall–Kier alpha value is -3.02. The Labute approximate surface area is 179 Å². The number of nitrogens with one attached hydrogen (secondary N) is 1. The van der Waals surface area contributed by atoms with Crippen molar-refractivity contribution in [2.24, 2.45) is 0 Å². The first kappa shape index (κ1) is 21.2. The van der Waals surface area contributed by atoms with Crippen LogP contribution in [0.3, 0.4) is 0 Å². The van der Waals surface area contributed by atoms with E-state index >= 15 is 0 Å². The van der Waals surface area contributed by atoms with Crippen LogP contribution in [0, 0.1) is 0 Å². The van der Waals surface area contributed by atoms with Gasteiger partial charge in [0.2, 0.25) is 5.82 Å². The van der Waals surface area contributed by atoms with Gasteiger partial charge in [-0.3, -0.25) is 0 Å². The lowest BCUT2D eigenvalue weighted by Crippen LogP contribution is -2.12. The minimum absolute atomic E-state index is 0.237. The molecular weight excluding hydrogens is 491 g/mol. The molecule has 31 heavy (non-hydrogen) atoms. The molecule has 0 radical (unpaired) electrons. The number of hydrogen-bond donors (Lipinski definition) is 1. The summed E-state index contributed by atoms with van der Waals surface area (Å²) in [5.41, 5.74) is 0.432. The van der Waals surface area contributed by atoms with Gasteiger partial charge in [-0.15, -0.1) is 10.2 Å². The summed E-state index contributed by atoms with van der Waals surface area (Å²) in [7, 11) is 0. The van der Waals surface area contributed by atoms with E-state index in [1.807, 2.05) is 6.07 Å². The number of furan rings is 1. The smallest absolute Gasteiger partial charge is 0.419 e. The van der Waals surface area contributed by atoms with Crippen molar-refractivity contribution in [2.75, 3.05) is 0 Å². The van der Waals surface area contributed by atoms with Gasteiger partial charge in [-0.2, -0.15) is 27.2 Å². The summed E-state index contributed by atoms with van der Waals surface area (Å²) in [5.74, 6) is -0.199. The number of nitrogens with zero attached hydrogens (tertiary/aromatic N) is 3. The number of hydrogen-bond acceptors (Lipinski definition) is 5. The molecule has 162 valence electrons. The number of rotatable bonds is 6. The molecule has 0 atom stereocenters. The lowest BCUT2D eigenvalue weighted by atomic mass is 10.0. The van der Waals surface area contributed by atoms with Crippen LogP contribution < -0.4 is 4.74 Å². The molecule has 2 aromatic carbocycles. The van der Waals surface area contributed by atoms with Crippen LogP contribution in [0.5, 0.6) is 5.75 Å². The number of aryl methyl sites for hydroxylation is 2. The van der Waals surface area contributed by atoms with E-state index in [2.05, 4.69) is 41.3 Å². The molecule has 2 heterocycles. The SMILES string of the molecule is FC(F)Oc1ccc(CCc2cc3oc(-c4nn[nH]n4)cc3cc2Br)cc1C(F)(F)F. The second kappa shape index (κ2) is 8.25. The molecule has 0 unspecified atom stereocenters. The van der Waals surface area contributed by atoms with Gasteiger partial charge in [-0.1, -0.05) is 22.0 Å². The van der Waals surface area contributed by atoms with E-state index in [0.717, 1.165) is 27.6 Å². The van der Waals surface area contributed by atoms with Crippen LogP contribution in [0.2, 0.25) is 0 Å². The van der Waals surface area contributed by atoms with Gasteiger partial charge in [-0.25, -0.2) is 0 Å². The fourth-order valence-corrected chi connectivity index (χ4v) is 3.66. The molecule has 0 spiro atoms. The van der Waals surface area contributed by atoms with E-state index < -0.39 is 24.1 Å². The van der Waals surface area contributed by atoms with Crippen LogP contribution in [-0.4, -0.2) is 27.2 Å². The summed E-state index contributed by atoms with van der Waals surface area (Å²) in [6, 6.07) is 8.39. The third-order valence-electron chi connectivity index (χ3n) is 4.50. The molecule has 0 aliphatic rings. The first-order valence-electron chi connectivity index (χ1n) is 8.81. The molecule has 12 heteroatoms. The number of tetrazole rings is 1. The first-order valence-corrected chi connectivity index (χ1v) is 9.61. The largest absolute Gasteiger partial charge is 0.453 e. The molecule has 0 saturated heterocycles. The van der Waals surface area contributed by atoms with E-state index in [4.69, 9.17) is 4.42 Å². The second-order valence-electron chi connectivity index (χ2n) is 6.53. The average Bonchev–Trinajstić information content (AvgIpc) is 3.35. The third-order valence-corrected chi connectivity index (χ3v) is 5.24. The summed E-state index contributed by atoms with van der Waals surface area (Å²) in [6.07, 6.45) is -4.21. The highest BCUT2D eigenvalue weighted by atomic mass is 79.9. The fourth-order valence-electron chi connectivity index (χ4n) is 3.10. The molecule has 0 bridgehead atoms. The van der Waals surface area contributed by atoms with Crippen molar-refractivity contribution in [1.82, 2.24) is 20.6 Å². The Morgan fingerprint density at radius 1 is 1.10 bits per heavy atom. The van der Waals surface area contributed by atoms with E-state index in [0.29, 0.717) is 29.2 Å². The number of aromatic nitrogens is 4. The van der Waals surface area contributed by atoms with Crippen molar-refractivity contribution in [3.8, 4) is 17.3 Å². The summed E-state index contributed by atoms with van der Waals surface area (Å²) < 4.78 is 75.0. The third kappa shape index (κ3) is 4.68. The molecular formula is C19H12BrF5N4O2. The molecule has 0 aliphatic carbocycles. The summed E-state index contributed by atoms with van der Waals surface area (Å²) in [5, 5.41) is 14.3. The van der Waals surface area contributed by atoms with Gasteiger partial charge in [0.25, 0.3) is 0 Å². The summed E-state index contributed by atoms with van der Waals surface area (Å²) in [4.78, 5) is 0. The minimum Gasteiger partial charge on any atom is -0.453 e. The molecule has 0 fully saturated rings. The van der Waals surface area contributed by atoms with Gasteiger partial charge in [0.15, 0.2) is 5.76 Å². The van der Waals surface area contributed by atoms with Gasteiger partial charge in [0.1, 0.15) is 11.3 Å². The molecule has 0 aliphatic heterocycles. The maximum atomic E-state index is 13.2. The molecule has 0 amide bonds. The standard InChI is InChI=1S/C19H12BrF5N4O2/c20-13-6-11-8-16(17-26-28-29-27-17)30-15(11)7-10(13)3-1-9-2-4-14(31-18(21)22)12(5-9)19(23,24)25/h2,4-8,18H,1,3H2,(H,26,27,28,29). The normalized spacial score (nSPS) is 12.1. The number of benzene rings is 2. The number of ether oxygens (including phenoxy) is 1. The Kier molecular flexibility index (Phi) is 5.65. The Morgan fingerprint density at radius 2 is 1.90 bits per heavy atom. The molecule has 0 saturated carbocycles. The van der Waals surface area contributed by atoms with Crippen molar-refractivity contribution in [1.29, 1.82) is 0 Å².